The lowest BCUT2D eigenvalue weighted by atomic mass is 10.0. The molecule has 0 bridgehead atoms. The number of rotatable bonds is 4. The van der Waals surface area contributed by atoms with E-state index in [-0.39, 0.29) is 23.7 Å². The number of aromatic nitrogens is 2. The molecule has 6 nitrogen and oxygen atoms in total. The van der Waals surface area contributed by atoms with Gasteiger partial charge in [0.2, 0.25) is 11.7 Å². The molecule has 0 aliphatic heterocycles. The van der Waals surface area contributed by atoms with Crippen molar-refractivity contribution in [1.29, 1.82) is 0 Å². The van der Waals surface area contributed by atoms with E-state index in [1.54, 1.807) is 13.8 Å². The van der Waals surface area contributed by atoms with Gasteiger partial charge in [0, 0.05) is 17.3 Å². The molecular weight excluding hydrogens is 313 g/mol. The minimum Gasteiger partial charge on any atom is -0.329 e. The standard InChI is InChI=1S/C14H15F3N4O2/c1-7(8(2)18)12(22)19-10-5-3-9(4-6-10)11-20-13(23-21-11)14(15,16)17/h3-8H,18H2,1-2H3,(H,19,22). The quantitative estimate of drug-likeness (QED) is 0.900. The number of hydrogen-bond donors (Lipinski definition) is 2. The molecule has 0 saturated carbocycles. The number of carbonyl (C=O) groups is 1. The van der Waals surface area contributed by atoms with Crippen molar-refractivity contribution in [3.63, 3.8) is 0 Å². The lowest BCUT2D eigenvalue weighted by Gasteiger charge is -2.15. The molecule has 1 aromatic carbocycles. The summed E-state index contributed by atoms with van der Waals surface area (Å²) < 4.78 is 41.4. The highest BCUT2D eigenvalue weighted by atomic mass is 19.4. The second kappa shape index (κ2) is 6.37. The summed E-state index contributed by atoms with van der Waals surface area (Å²) in [5, 5.41) is 5.95. The normalized spacial score (nSPS) is 14.3. The van der Waals surface area contributed by atoms with E-state index in [1.807, 2.05) is 0 Å². The van der Waals surface area contributed by atoms with Crippen LogP contribution in [-0.2, 0) is 11.0 Å². The minimum absolute atomic E-state index is 0.181. The number of nitrogens with two attached hydrogens (primary N) is 1. The smallest absolute Gasteiger partial charge is 0.329 e. The average Bonchev–Trinajstić information content (AvgIpc) is 2.97. The number of anilines is 1. The fourth-order valence-corrected chi connectivity index (χ4v) is 1.65. The largest absolute Gasteiger partial charge is 0.471 e. The van der Waals surface area contributed by atoms with Crippen LogP contribution in [0.5, 0.6) is 0 Å². The second-order valence-electron chi connectivity index (χ2n) is 5.14. The molecule has 2 unspecified atom stereocenters. The highest BCUT2D eigenvalue weighted by Gasteiger charge is 2.38. The van der Waals surface area contributed by atoms with Crippen molar-refractivity contribution in [2.24, 2.45) is 11.7 Å². The number of nitrogens with one attached hydrogen (secondary N) is 1. The number of halogens is 3. The SMILES string of the molecule is CC(N)C(C)C(=O)Nc1ccc(-c2noc(C(F)(F)F)n2)cc1. The third kappa shape index (κ3) is 4.07. The maximum Gasteiger partial charge on any atom is 0.471 e. The Morgan fingerprint density at radius 1 is 1.26 bits per heavy atom. The van der Waals surface area contributed by atoms with Crippen LogP contribution in [0.4, 0.5) is 18.9 Å². The van der Waals surface area contributed by atoms with E-state index in [1.165, 1.54) is 24.3 Å². The summed E-state index contributed by atoms with van der Waals surface area (Å²) in [7, 11) is 0. The molecule has 0 spiro atoms. The van der Waals surface area contributed by atoms with E-state index in [4.69, 9.17) is 5.73 Å². The lowest BCUT2D eigenvalue weighted by Crippen LogP contribution is -2.34. The molecule has 2 rings (SSSR count). The van der Waals surface area contributed by atoms with E-state index in [9.17, 15) is 18.0 Å². The van der Waals surface area contributed by atoms with Crippen LogP contribution < -0.4 is 11.1 Å². The molecule has 0 fully saturated rings. The first-order chi connectivity index (χ1) is 10.7. The Hall–Kier alpha value is -2.42. The van der Waals surface area contributed by atoms with E-state index in [2.05, 4.69) is 20.0 Å². The van der Waals surface area contributed by atoms with Gasteiger partial charge in [-0.05, 0) is 31.2 Å². The third-order valence-electron chi connectivity index (χ3n) is 3.28. The van der Waals surface area contributed by atoms with Crippen LogP contribution in [0.3, 0.4) is 0 Å². The molecule has 23 heavy (non-hydrogen) atoms. The van der Waals surface area contributed by atoms with Crippen LogP contribution in [0.2, 0.25) is 0 Å². The van der Waals surface area contributed by atoms with Gasteiger partial charge in [0.15, 0.2) is 0 Å². The summed E-state index contributed by atoms with van der Waals surface area (Å²) in [6, 6.07) is 5.73. The van der Waals surface area contributed by atoms with Crippen LogP contribution in [0.1, 0.15) is 19.7 Å². The highest BCUT2D eigenvalue weighted by molar-refractivity contribution is 5.92. The van der Waals surface area contributed by atoms with E-state index >= 15 is 0 Å². The molecule has 2 aromatic rings. The van der Waals surface area contributed by atoms with Crippen LogP contribution in [0, 0.1) is 5.92 Å². The number of alkyl halides is 3. The van der Waals surface area contributed by atoms with E-state index in [0.717, 1.165) is 0 Å². The molecular formula is C14H15F3N4O2. The zero-order chi connectivity index (χ0) is 17.2. The molecule has 0 aliphatic rings. The first-order valence-corrected chi connectivity index (χ1v) is 6.76. The Kier molecular flexibility index (Phi) is 4.69. The molecule has 0 saturated heterocycles. The molecule has 9 heteroatoms. The maximum atomic E-state index is 12.4. The summed E-state index contributed by atoms with van der Waals surface area (Å²) in [6.07, 6.45) is -4.69. The van der Waals surface area contributed by atoms with Crippen molar-refractivity contribution >= 4 is 11.6 Å². The summed E-state index contributed by atoms with van der Waals surface area (Å²) >= 11 is 0. The molecule has 3 N–H and O–H groups in total. The van der Waals surface area contributed by atoms with Gasteiger partial charge >= 0.3 is 12.1 Å². The molecule has 2 atom stereocenters. The van der Waals surface area contributed by atoms with Gasteiger partial charge < -0.3 is 15.6 Å². The Morgan fingerprint density at radius 3 is 2.35 bits per heavy atom. The van der Waals surface area contributed by atoms with E-state index < -0.39 is 12.1 Å². The fourth-order valence-electron chi connectivity index (χ4n) is 1.65. The number of hydrogen-bond acceptors (Lipinski definition) is 5. The average molecular weight is 328 g/mol. The Morgan fingerprint density at radius 2 is 1.87 bits per heavy atom. The fraction of sp³-hybridized carbons (Fsp3) is 0.357. The van der Waals surface area contributed by atoms with Crippen molar-refractivity contribution in [1.82, 2.24) is 10.1 Å². The van der Waals surface area contributed by atoms with Crippen LogP contribution in [-0.4, -0.2) is 22.1 Å². The van der Waals surface area contributed by atoms with Gasteiger partial charge in [0.05, 0.1) is 5.92 Å². The van der Waals surface area contributed by atoms with Crippen LogP contribution >= 0.6 is 0 Å². The van der Waals surface area contributed by atoms with Crippen molar-refractivity contribution in [3.8, 4) is 11.4 Å². The van der Waals surface area contributed by atoms with Gasteiger partial charge in [-0.25, -0.2) is 0 Å². The molecule has 1 aromatic heterocycles. The van der Waals surface area contributed by atoms with Gasteiger partial charge in [-0.1, -0.05) is 12.1 Å². The number of carbonyl (C=O) groups excluding carboxylic acids is 1. The molecule has 1 amide bonds. The Balaban J connectivity index is 2.11. The van der Waals surface area contributed by atoms with Gasteiger partial charge in [-0.15, -0.1) is 0 Å². The van der Waals surface area contributed by atoms with Gasteiger partial charge in [-0.3, -0.25) is 4.79 Å². The monoisotopic (exact) mass is 328 g/mol. The first kappa shape index (κ1) is 16.9. The zero-order valence-corrected chi connectivity index (χ0v) is 12.4. The highest BCUT2D eigenvalue weighted by Crippen LogP contribution is 2.29. The summed E-state index contributed by atoms with van der Waals surface area (Å²) in [6.45, 7) is 3.42. The lowest BCUT2D eigenvalue weighted by molar-refractivity contribution is -0.159. The Bertz CT molecular complexity index is 680. The second-order valence-corrected chi connectivity index (χ2v) is 5.14. The van der Waals surface area contributed by atoms with Crippen molar-refractivity contribution in [2.75, 3.05) is 5.32 Å². The maximum absolute atomic E-state index is 12.4. The number of benzene rings is 1. The van der Waals surface area contributed by atoms with Gasteiger partial charge in [-0.2, -0.15) is 18.2 Å². The van der Waals surface area contributed by atoms with Gasteiger partial charge in [0.25, 0.3) is 0 Å². The van der Waals surface area contributed by atoms with Gasteiger partial charge in [0.1, 0.15) is 0 Å². The summed E-state index contributed by atoms with van der Waals surface area (Å²) in [5.74, 6) is -2.21. The molecule has 0 aliphatic carbocycles. The van der Waals surface area contributed by atoms with E-state index in [0.29, 0.717) is 11.3 Å². The Labute approximate surface area is 129 Å². The summed E-state index contributed by atoms with van der Waals surface area (Å²) in [4.78, 5) is 15.2. The molecule has 0 radical (unpaired) electrons. The minimum atomic E-state index is -4.69. The topological polar surface area (TPSA) is 94.0 Å². The summed E-state index contributed by atoms with van der Waals surface area (Å²) in [5.41, 5.74) is 6.48. The predicted molar refractivity (Wildman–Crippen MR) is 76.2 cm³/mol. The van der Waals surface area contributed by atoms with Crippen molar-refractivity contribution in [3.05, 3.63) is 30.2 Å². The van der Waals surface area contributed by atoms with Crippen molar-refractivity contribution in [2.45, 2.75) is 26.1 Å². The number of nitrogens with zero attached hydrogens (tertiary/aromatic N) is 2. The zero-order valence-electron chi connectivity index (χ0n) is 12.4. The predicted octanol–water partition coefficient (Wildman–Crippen LogP) is 2.68. The molecule has 1 heterocycles. The van der Waals surface area contributed by atoms with Crippen molar-refractivity contribution < 1.29 is 22.5 Å². The van der Waals surface area contributed by atoms with Crippen LogP contribution in [0.25, 0.3) is 11.4 Å². The first-order valence-electron chi connectivity index (χ1n) is 6.76. The third-order valence-corrected chi connectivity index (χ3v) is 3.28. The molecule has 124 valence electrons. The van der Waals surface area contributed by atoms with Crippen LogP contribution in [0.15, 0.2) is 28.8 Å². The number of amides is 1.